The number of nitrogens with zero attached hydrogens (tertiary/aromatic N) is 5. The fourth-order valence-electron chi connectivity index (χ4n) is 6.62. The number of aromatic nitrogens is 5. The number of nitrogens with one attached hydrogen (secondary N) is 1. The molecule has 0 aliphatic heterocycles. The summed E-state index contributed by atoms with van der Waals surface area (Å²) in [6.45, 7) is 7.47. The monoisotopic (exact) mass is 531 g/mol. The summed E-state index contributed by atoms with van der Waals surface area (Å²) in [5.74, 6) is 2.20. The van der Waals surface area contributed by atoms with Gasteiger partial charge in [-0.05, 0) is 67.8 Å². The molecule has 0 bridgehead atoms. The molecule has 2 fully saturated rings. The Morgan fingerprint density at radius 1 is 1.10 bits per heavy atom. The van der Waals surface area contributed by atoms with E-state index in [4.69, 9.17) is 10.7 Å². The van der Waals surface area contributed by atoms with Gasteiger partial charge in [-0.1, -0.05) is 26.8 Å². The number of aryl methyl sites for hydroxylation is 1. The largest absolute Gasteiger partial charge is 0.390 e. The van der Waals surface area contributed by atoms with Gasteiger partial charge in [0, 0.05) is 31.1 Å². The lowest BCUT2D eigenvalue weighted by Crippen LogP contribution is -2.46. The number of nitrogens with two attached hydrogens (primary N) is 1. The smallest absolute Gasteiger partial charge is 0.145 e. The lowest BCUT2D eigenvalue weighted by Gasteiger charge is -2.42. The summed E-state index contributed by atoms with van der Waals surface area (Å²) in [5, 5.41) is 22.6. The van der Waals surface area contributed by atoms with E-state index in [1.54, 1.807) is 0 Å². The van der Waals surface area contributed by atoms with Crippen LogP contribution in [0.25, 0.3) is 22.1 Å². The Bertz CT molecular complexity index is 1470. The molecule has 0 amide bonds. The van der Waals surface area contributed by atoms with Crippen LogP contribution in [0, 0.1) is 11.8 Å². The van der Waals surface area contributed by atoms with Crippen LogP contribution in [-0.2, 0) is 11.8 Å². The fourth-order valence-corrected chi connectivity index (χ4v) is 6.62. The van der Waals surface area contributed by atoms with Gasteiger partial charge in [0.05, 0.1) is 28.6 Å². The first-order valence-corrected chi connectivity index (χ1v) is 14.2. The Hall–Kier alpha value is -3.01. The molecule has 1 aromatic carbocycles. The van der Waals surface area contributed by atoms with E-state index in [2.05, 4.69) is 65.9 Å². The molecule has 0 saturated heterocycles. The highest BCUT2D eigenvalue weighted by Gasteiger charge is 2.44. The van der Waals surface area contributed by atoms with Crippen molar-refractivity contribution >= 4 is 27.9 Å². The molecule has 0 spiro atoms. The molecule has 9 nitrogen and oxygen atoms in total. The van der Waals surface area contributed by atoms with Crippen molar-refractivity contribution in [2.45, 2.75) is 82.6 Å². The number of rotatable bonds is 7. The molecule has 4 aromatic rings. The number of fused-ring (bicyclic) bond motifs is 2. The van der Waals surface area contributed by atoms with E-state index in [1.165, 1.54) is 11.9 Å². The van der Waals surface area contributed by atoms with E-state index in [-0.39, 0.29) is 17.4 Å². The SMILES string of the molecule is CN(CC1CC(n2ccc3c(N)ncnc32)C(O)C1O)C1CC(CCc2nc3ccc(C(C)(C)C)cc3[nH]2)C1. The normalized spacial score (nSPS) is 27.6. The maximum absolute atomic E-state index is 10.9. The summed E-state index contributed by atoms with van der Waals surface area (Å²) in [5.41, 5.74) is 10.3. The molecule has 2 saturated carbocycles. The highest BCUT2D eigenvalue weighted by atomic mass is 16.3. The summed E-state index contributed by atoms with van der Waals surface area (Å²) in [4.78, 5) is 19.2. The lowest BCUT2D eigenvalue weighted by atomic mass is 9.76. The molecule has 5 N–H and O–H groups in total. The Kier molecular flexibility index (Phi) is 6.64. The fraction of sp³-hybridized carbons (Fsp3) is 0.567. The third kappa shape index (κ3) is 4.92. The van der Waals surface area contributed by atoms with Gasteiger partial charge in [0.15, 0.2) is 0 Å². The van der Waals surface area contributed by atoms with Crippen LogP contribution in [0.2, 0.25) is 0 Å². The standard InChI is InChI=1S/C30H41N7O2/c1-30(2,3)19-6-7-22-23(14-19)35-25(34-22)8-5-17-11-20(12-17)36(4)15-18-13-24(27(39)26(18)38)37-10-9-21-28(31)32-16-33-29(21)37/h6-7,9-10,14,16-18,20,24,26-27,38-39H,5,8,11-13,15H2,1-4H3,(H,34,35)(H2,31,32,33). The average molecular weight is 532 g/mol. The van der Waals surface area contributed by atoms with E-state index in [1.807, 2.05) is 16.8 Å². The molecule has 2 aliphatic carbocycles. The van der Waals surface area contributed by atoms with Crippen LogP contribution in [0.1, 0.15) is 63.9 Å². The molecular weight excluding hydrogens is 490 g/mol. The molecule has 4 atom stereocenters. The number of aliphatic hydroxyl groups excluding tert-OH is 2. The number of nitrogen functional groups attached to an aromatic ring is 1. The van der Waals surface area contributed by atoms with Gasteiger partial charge in [-0.3, -0.25) is 0 Å². The Morgan fingerprint density at radius 3 is 2.67 bits per heavy atom. The van der Waals surface area contributed by atoms with Crippen LogP contribution in [0.5, 0.6) is 0 Å². The third-order valence-electron chi connectivity index (χ3n) is 9.21. The van der Waals surface area contributed by atoms with Gasteiger partial charge in [-0.15, -0.1) is 0 Å². The number of hydrogen-bond donors (Lipinski definition) is 4. The zero-order valence-corrected chi connectivity index (χ0v) is 23.4. The Balaban J connectivity index is 1.01. The molecule has 39 heavy (non-hydrogen) atoms. The summed E-state index contributed by atoms with van der Waals surface area (Å²) >= 11 is 0. The number of aromatic amines is 1. The Morgan fingerprint density at radius 2 is 1.90 bits per heavy atom. The zero-order chi connectivity index (χ0) is 27.5. The van der Waals surface area contributed by atoms with Gasteiger partial charge >= 0.3 is 0 Å². The quantitative estimate of drug-likeness (QED) is 0.285. The van der Waals surface area contributed by atoms with Gasteiger partial charge in [0.25, 0.3) is 0 Å². The van der Waals surface area contributed by atoms with Gasteiger partial charge in [0.2, 0.25) is 0 Å². The van der Waals surface area contributed by atoms with Crippen molar-refractivity contribution in [1.82, 2.24) is 29.4 Å². The van der Waals surface area contributed by atoms with E-state index in [0.717, 1.165) is 54.5 Å². The van der Waals surface area contributed by atoms with Crippen molar-refractivity contribution in [2.24, 2.45) is 11.8 Å². The minimum atomic E-state index is -0.840. The minimum absolute atomic E-state index is 0.000720. The molecule has 9 heteroatoms. The van der Waals surface area contributed by atoms with Crippen LogP contribution in [0.15, 0.2) is 36.8 Å². The van der Waals surface area contributed by atoms with Gasteiger partial charge in [0.1, 0.15) is 29.7 Å². The van der Waals surface area contributed by atoms with Gasteiger partial charge in [-0.2, -0.15) is 0 Å². The average Bonchev–Trinajstić information content (AvgIpc) is 3.54. The molecule has 2 aliphatic rings. The first kappa shape index (κ1) is 26.2. The third-order valence-corrected chi connectivity index (χ3v) is 9.21. The maximum Gasteiger partial charge on any atom is 0.145 e. The van der Waals surface area contributed by atoms with Crippen LogP contribution in [0.4, 0.5) is 5.82 Å². The van der Waals surface area contributed by atoms with Crippen molar-refractivity contribution in [3.8, 4) is 0 Å². The maximum atomic E-state index is 10.9. The highest BCUT2D eigenvalue weighted by Crippen LogP contribution is 2.40. The minimum Gasteiger partial charge on any atom is -0.390 e. The van der Waals surface area contributed by atoms with E-state index < -0.39 is 12.2 Å². The second kappa shape index (κ2) is 9.87. The highest BCUT2D eigenvalue weighted by molar-refractivity contribution is 5.86. The predicted octanol–water partition coefficient (Wildman–Crippen LogP) is 3.81. The number of anilines is 1. The van der Waals surface area contributed by atoms with E-state index in [0.29, 0.717) is 29.8 Å². The van der Waals surface area contributed by atoms with Crippen molar-refractivity contribution in [3.63, 3.8) is 0 Å². The molecule has 3 aromatic heterocycles. The number of imidazole rings is 1. The summed E-state index contributed by atoms with van der Waals surface area (Å²) in [6.07, 6.45) is 6.86. The predicted molar refractivity (Wildman–Crippen MR) is 153 cm³/mol. The van der Waals surface area contributed by atoms with Gasteiger partial charge in [-0.25, -0.2) is 15.0 Å². The number of aliphatic hydroxyl groups is 2. The van der Waals surface area contributed by atoms with Crippen LogP contribution >= 0.6 is 0 Å². The van der Waals surface area contributed by atoms with Crippen LogP contribution in [-0.4, -0.2) is 71.5 Å². The molecule has 208 valence electrons. The molecular formula is C30H41N7O2. The van der Waals surface area contributed by atoms with Crippen LogP contribution < -0.4 is 5.73 Å². The van der Waals surface area contributed by atoms with E-state index in [9.17, 15) is 10.2 Å². The molecule has 3 heterocycles. The van der Waals surface area contributed by atoms with Crippen molar-refractivity contribution in [2.75, 3.05) is 19.3 Å². The van der Waals surface area contributed by atoms with E-state index >= 15 is 0 Å². The number of benzene rings is 1. The van der Waals surface area contributed by atoms with Crippen molar-refractivity contribution < 1.29 is 10.2 Å². The van der Waals surface area contributed by atoms with Crippen molar-refractivity contribution in [1.29, 1.82) is 0 Å². The molecule has 6 rings (SSSR count). The topological polar surface area (TPSA) is 129 Å². The van der Waals surface area contributed by atoms with Crippen LogP contribution in [0.3, 0.4) is 0 Å². The summed E-state index contributed by atoms with van der Waals surface area (Å²) in [7, 11) is 2.15. The number of H-pyrrole nitrogens is 1. The second-order valence-corrected chi connectivity index (χ2v) is 12.9. The Labute approximate surface area is 229 Å². The molecule has 4 unspecified atom stereocenters. The number of hydrogen-bond acceptors (Lipinski definition) is 7. The second-order valence-electron chi connectivity index (χ2n) is 12.9. The van der Waals surface area contributed by atoms with Crippen molar-refractivity contribution in [3.05, 3.63) is 48.2 Å². The summed E-state index contributed by atoms with van der Waals surface area (Å²) in [6, 6.07) is 8.72. The zero-order valence-electron chi connectivity index (χ0n) is 23.4. The molecule has 0 radical (unpaired) electrons. The summed E-state index contributed by atoms with van der Waals surface area (Å²) < 4.78 is 1.95. The van der Waals surface area contributed by atoms with Gasteiger partial charge < -0.3 is 30.4 Å². The lowest BCUT2D eigenvalue weighted by molar-refractivity contribution is -0.00658. The first-order chi connectivity index (χ1) is 18.6. The first-order valence-electron chi connectivity index (χ1n) is 14.2.